The molecule has 0 atom stereocenters. The standard InChI is InChI=1S/C21H24N4O4/c1-12-16(9-10-17(26)23-14-7-6-8-15(11-14)29-5)13(2)22-19-18(12)20(27)25(4)21(28)24(19)3/h6-8,11H,9-10H2,1-5H3,(H,23,26). The number of amides is 1. The lowest BCUT2D eigenvalue weighted by molar-refractivity contribution is -0.116. The molecule has 0 saturated heterocycles. The van der Waals surface area contributed by atoms with Crippen molar-refractivity contribution in [2.45, 2.75) is 26.7 Å². The highest BCUT2D eigenvalue weighted by molar-refractivity contribution is 5.91. The lowest BCUT2D eigenvalue weighted by atomic mass is 10.00. The number of benzene rings is 1. The lowest BCUT2D eigenvalue weighted by Gasteiger charge is -2.15. The molecule has 0 spiro atoms. The maximum absolute atomic E-state index is 12.6. The van der Waals surface area contributed by atoms with Gasteiger partial charge in [0.05, 0.1) is 12.5 Å². The monoisotopic (exact) mass is 396 g/mol. The fraction of sp³-hybridized carbons (Fsp3) is 0.333. The Kier molecular flexibility index (Phi) is 5.54. The Morgan fingerprint density at radius 3 is 2.59 bits per heavy atom. The zero-order valence-corrected chi connectivity index (χ0v) is 17.2. The number of methoxy groups -OCH3 is 1. The molecule has 2 aromatic heterocycles. The number of aryl methyl sites for hydroxylation is 3. The largest absolute Gasteiger partial charge is 0.497 e. The Morgan fingerprint density at radius 2 is 1.90 bits per heavy atom. The Bertz CT molecular complexity index is 1220. The van der Waals surface area contributed by atoms with E-state index in [9.17, 15) is 14.4 Å². The number of hydrogen-bond acceptors (Lipinski definition) is 5. The minimum absolute atomic E-state index is 0.148. The van der Waals surface area contributed by atoms with Crippen molar-refractivity contribution in [1.82, 2.24) is 14.1 Å². The molecule has 0 saturated carbocycles. The van der Waals surface area contributed by atoms with Gasteiger partial charge in [0, 0.05) is 38.0 Å². The van der Waals surface area contributed by atoms with Gasteiger partial charge in [0.1, 0.15) is 11.4 Å². The first-order valence-electron chi connectivity index (χ1n) is 9.24. The number of hydrogen-bond donors (Lipinski definition) is 1. The third-order valence-corrected chi connectivity index (χ3v) is 5.13. The number of rotatable bonds is 5. The quantitative estimate of drug-likeness (QED) is 0.710. The Hall–Kier alpha value is -3.42. The highest BCUT2D eigenvalue weighted by Gasteiger charge is 2.17. The molecule has 0 unspecified atom stereocenters. The summed E-state index contributed by atoms with van der Waals surface area (Å²) in [6.45, 7) is 3.65. The summed E-state index contributed by atoms with van der Waals surface area (Å²) in [6, 6.07) is 7.14. The van der Waals surface area contributed by atoms with Crippen LogP contribution in [0.15, 0.2) is 33.9 Å². The molecule has 1 amide bonds. The molecule has 0 aliphatic heterocycles. The van der Waals surface area contributed by atoms with Gasteiger partial charge >= 0.3 is 5.69 Å². The van der Waals surface area contributed by atoms with Gasteiger partial charge in [0.2, 0.25) is 5.91 Å². The number of aromatic nitrogens is 3. The highest BCUT2D eigenvalue weighted by Crippen LogP contribution is 2.21. The number of fused-ring (bicyclic) bond motifs is 1. The van der Waals surface area contributed by atoms with Crippen LogP contribution in [-0.2, 0) is 25.3 Å². The van der Waals surface area contributed by atoms with Crippen molar-refractivity contribution in [3.63, 3.8) is 0 Å². The molecule has 152 valence electrons. The number of carbonyl (C=O) groups excluding carboxylic acids is 1. The van der Waals surface area contributed by atoms with Crippen LogP contribution < -0.4 is 21.3 Å². The van der Waals surface area contributed by atoms with Gasteiger partial charge in [0.15, 0.2) is 0 Å². The minimum atomic E-state index is -0.417. The van der Waals surface area contributed by atoms with E-state index in [0.29, 0.717) is 34.6 Å². The van der Waals surface area contributed by atoms with Gasteiger partial charge in [0.25, 0.3) is 5.56 Å². The first-order valence-corrected chi connectivity index (χ1v) is 9.24. The zero-order valence-electron chi connectivity index (χ0n) is 17.2. The fourth-order valence-electron chi connectivity index (χ4n) is 3.47. The average Bonchev–Trinajstić information content (AvgIpc) is 2.70. The van der Waals surface area contributed by atoms with Gasteiger partial charge < -0.3 is 10.1 Å². The van der Waals surface area contributed by atoms with Crippen LogP contribution in [0.2, 0.25) is 0 Å². The normalized spacial score (nSPS) is 10.9. The summed E-state index contributed by atoms with van der Waals surface area (Å²) < 4.78 is 7.61. The van der Waals surface area contributed by atoms with Gasteiger partial charge in [-0.3, -0.25) is 18.7 Å². The summed E-state index contributed by atoms with van der Waals surface area (Å²) >= 11 is 0. The highest BCUT2D eigenvalue weighted by atomic mass is 16.5. The Labute approximate surface area is 167 Å². The van der Waals surface area contributed by atoms with E-state index < -0.39 is 5.69 Å². The number of nitrogens with one attached hydrogen (secondary N) is 1. The molecule has 0 aliphatic carbocycles. The SMILES string of the molecule is COc1cccc(NC(=O)CCc2c(C)nc3c(c2C)c(=O)n(C)c(=O)n3C)c1. The predicted molar refractivity (Wildman–Crippen MR) is 112 cm³/mol. The molecule has 29 heavy (non-hydrogen) atoms. The van der Waals surface area contributed by atoms with E-state index in [1.165, 1.54) is 11.6 Å². The molecule has 0 fully saturated rings. The molecule has 1 aromatic carbocycles. The van der Waals surface area contributed by atoms with Crippen LogP contribution in [0.1, 0.15) is 23.2 Å². The Balaban J connectivity index is 1.89. The third-order valence-electron chi connectivity index (χ3n) is 5.13. The van der Waals surface area contributed by atoms with Gasteiger partial charge in [-0.2, -0.15) is 0 Å². The van der Waals surface area contributed by atoms with Crippen molar-refractivity contribution in [2.24, 2.45) is 14.1 Å². The molecule has 0 aliphatic rings. The average molecular weight is 396 g/mol. The van der Waals surface area contributed by atoms with Crippen LogP contribution in [0, 0.1) is 13.8 Å². The fourth-order valence-corrected chi connectivity index (χ4v) is 3.47. The molecular weight excluding hydrogens is 372 g/mol. The number of carbonyl (C=O) groups is 1. The van der Waals surface area contributed by atoms with E-state index in [-0.39, 0.29) is 17.9 Å². The summed E-state index contributed by atoms with van der Waals surface area (Å²) in [6.07, 6.45) is 0.667. The number of nitrogens with zero attached hydrogens (tertiary/aromatic N) is 3. The maximum atomic E-state index is 12.6. The zero-order chi connectivity index (χ0) is 21.3. The van der Waals surface area contributed by atoms with Crippen molar-refractivity contribution in [1.29, 1.82) is 0 Å². The second-order valence-electron chi connectivity index (χ2n) is 6.99. The predicted octanol–water partition coefficient (Wildman–Crippen LogP) is 1.83. The van der Waals surface area contributed by atoms with Crippen molar-refractivity contribution in [2.75, 3.05) is 12.4 Å². The van der Waals surface area contributed by atoms with Crippen molar-refractivity contribution < 1.29 is 9.53 Å². The third kappa shape index (κ3) is 3.78. The van der Waals surface area contributed by atoms with Crippen LogP contribution in [0.3, 0.4) is 0 Å². The van der Waals surface area contributed by atoms with Gasteiger partial charge in [-0.25, -0.2) is 9.78 Å². The number of pyridine rings is 1. The molecule has 0 bridgehead atoms. The first-order chi connectivity index (χ1) is 13.7. The van der Waals surface area contributed by atoms with E-state index in [2.05, 4.69) is 10.3 Å². The molecule has 8 nitrogen and oxygen atoms in total. The van der Waals surface area contributed by atoms with E-state index in [4.69, 9.17) is 4.74 Å². The lowest BCUT2D eigenvalue weighted by Crippen LogP contribution is -2.38. The van der Waals surface area contributed by atoms with Crippen LogP contribution in [0.25, 0.3) is 11.0 Å². The topological polar surface area (TPSA) is 95.2 Å². The molecule has 0 radical (unpaired) electrons. The molecule has 2 heterocycles. The van der Waals surface area contributed by atoms with Crippen LogP contribution >= 0.6 is 0 Å². The van der Waals surface area contributed by atoms with Crippen molar-refractivity contribution in [3.8, 4) is 5.75 Å². The maximum Gasteiger partial charge on any atom is 0.332 e. The summed E-state index contributed by atoms with van der Waals surface area (Å²) in [5, 5.41) is 3.26. The molecule has 3 rings (SSSR count). The number of ether oxygens (including phenoxy) is 1. The van der Waals surface area contributed by atoms with E-state index in [1.807, 2.05) is 13.8 Å². The second kappa shape index (κ2) is 7.90. The molecule has 8 heteroatoms. The van der Waals surface area contributed by atoms with Crippen molar-refractivity contribution >= 4 is 22.6 Å². The second-order valence-corrected chi connectivity index (χ2v) is 6.99. The molecule has 1 N–H and O–H groups in total. The summed E-state index contributed by atoms with van der Waals surface area (Å²) in [7, 11) is 4.61. The minimum Gasteiger partial charge on any atom is -0.497 e. The van der Waals surface area contributed by atoms with Crippen LogP contribution in [0.5, 0.6) is 5.75 Å². The van der Waals surface area contributed by atoms with Gasteiger partial charge in [-0.1, -0.05) is 6.07 Å². The Morgan fingerprint density at radius 1 is 1.17 bits per heavy atom. The smallest absolute Gasteiger partial charge is 0.332 e. The first kappa shape index (κ1) is 20.3. The van der Waals surface area contributed by atoms with E-state index in [0.717, 1.165) is 15.7 Å². The van der Waals surface area contributed by atoms with Crippen LogP contribution in [-0.4, -0.2) is 27.1 Å². The summed E-state index contributed by atoms with van der Waals surface area (Å²) in [5.41, 5.74) is 2.51. The van der Waals surface area contributed by atoms with Crippen molar-refractivity contribution in [3.05, 3.63) is 61.9 Å². The summed E-state index contributed by atoms with van der Waals surface area (Å²) in [4.78, 5) is 41.7. The summed E-state index contributed by atoms with van der Waals surface area (Å²) in [5.74, 6) is 0.514. The van der Waals surface area contributed by atoms with Gasteiger partial charge in [-0.15, -0.1) is 0 Å². The van der Waals surface area contributed by atoms with E-state index in [1.54, 1.807) is 38.4 Å². The molecule has 3 aromatic rings. The van der Waals surface area contributed by atoms with E-state index >= 15 is 0 Å². The van der Waals surface area contributed by atoms with Crippen LogP contribution in [0.4, 0.5) is 5.69 Å². The molecular formula is C21H24N4O4. The number of anilines is 1. The van der Waals surface area contributed by atoms with Gasteiger partial charge in [-0.05, 0) is 43.5 Å².